The second-order valence-electron chi connectivity index (χ2n) is 5.89. The predicted octanol–water partition coefficient (Wildman–Crippen LogP) is 1.22. The summed E-state index contributed by atoms with van der Waals surface area (Å²) in [5, 5.41) is 2.70. The van der Waals surface area contributed by atoms with Crippen LogP contribution in [0, 0.1) is 6.92 Å². The molecule has 0 atom stereocenters. The van der Waals surface area contributed by atoms with Crippen molar-refractivity contribution in [3.8, 4) is 0 Å². The molecule has 2 aromatic heterocycles. The van der Waals surface area contributed by atoms with Crippen LogP contribution in [0.5, 0.6) is 0 Å². The molecular weight excluding hydrogens is 332 g/mol. The number of aromatic amines is 1. The zero-order chi connectivity index (χ0) is 18.5. The second-order valence-corrected chi connectivity index (χ2v) is 5.89. The number of nitrogens with zero attached hydrogens (tertiary/aromatic N) is 2. The molecule has 3 rings (SSSR count). The molecule has 26 heavy (non-hydrogen) atoms. The fraction of sp³-hybridized carbons (Fsp3) is 0.158. The van der Waals surface area contributed by atoms with Crippen molar-refractivity contribution in [2.45, 2.75) is 20.0 Å². The molecule has 7 heteroatoms. The van der Waals surface area contributed by atoms with Gasteiger partial charge in [0.1, 0.15) is 5.56 Å². The fourth-order valence-corrected chi connectivity index (χ4v) is 2.45. The summed E-state index contributed by atoms with van der Waals surface area (Å²) in [5.74, 6) is -0.540. The van der Waals surface area contributed by atoms with Crippen LogP contribution >= 0.6 is 0 Å². The van der Waals surface area contributed by atoms with E-state index in [1.807, 2.05) is 31.2 Å². The van der Waals surface area contributed by atoms with Crippen molar-refractivity contribution in [3.63, 3.8) is 0 Å². The number of H-pyrrole nitrogens is 1. The number of carbonyl (C=O) groups is 1. The third-order valence-corrected chi connectivity index (χ3v) is 3.93. The maximum absolute atomic E-state index is 12.5. The molecule has 3 aromatic rings. The highest BCUT2D eigenvalue weighted by Crippen LogP contribution is 2.03. The van der Waals surface area contributed by atoms with E-state index in [-0.39, 0.29) is 18.7 Å². The standard InChI is InChI=1S/C19H18N4O3/c1-13-5-7-14(8-6-13)10-21-17(24)16-11-22-19(26)23(18(16)25)12-15-4-2-3-9-20-15/h2-9,11H,10,12H2,1H3,(H,21,24)(H,22,26). The predicted molar refractivity (Wildman–Crippen MR) is 97.0 cm³/mol. The van der Waals surface area contributed by atoms with Crippen LogP contribution in [0.2, 0.25) is 0 Å². The lowest BCUT2D eigenvalue weighted by Gasteiger charge is -2.08. The smallest absolute Gasteiger partial charge is 0.328 e. The van der Waals surface area contributed by atoms with E-state index in [2.05, 4.69) is 15.3 Å². The minimum atomic E-state index is -0.652. The fourth-order valence-electron chi connectivity index (χ4n) is 2.45. The molecule has 0 spiro atoms. The van der Waals surface area contributed by atoms with Crippen LogP contribution in [0.1, 0.15) is 27.2 Å². The molecule has 0 saturated carbocycles. The molecule has 0 bridgehead atoms. The van der Waals surface area contributed by atoms with Gasteiger partial charge in [-0.1, -0.05) is 35.9 Å². The van der Waals surface area contributed by atoms with Crippen LogP contribution in [0.3, 0.4) is 0 Å². The van der Waals surface area contributed by atoms with E-state index in [1.165, 1.54) is 0 Å². The van der Waals surface area contributed by atoms with Crippen molar-refractivity contribution >= 4 is 5.91 Å². The average molecular weight is 350 g/mol. The summed E-state index contributed by atoms with van der Waals surface area (Å²) < 4.78 is 0.961. The minimum Gasteiger partial charge on any atom is -0.348 e. The van der Waals surface area contributed by atoms with Gasteiger partial charge in [-0.3, -0.25) is 19.1 Å². The molecule has 132 valence electrons. The first-order valence-electron chi connectivity index (χ1n) is 8.11. The topological polar surface area (TPSA) is 96.8 Å². The largest absolute Gasteiger partial charge is 0.348 e. The zero-order valence-electron chi connectivity index (χ0n) is 14.2. The van der Waals surface area contributed by atoms with Gasteiger partial charge in [0.2, 0.25) is 0 Å². The maximum atomic E-state index is 12.5. The molecule has 1 aromatic carbocycles. The molecule has 0 saturated heterocycles. The molecule has 2 N–H and O–H groups in total. The van der Waals surface area contributed by atoms with Gasteiger partial charge in [0.25, 0.3) is 11.5 Å². The summed E-state index contributed by atoms with van der Waals surface area (Å²) in [7, 11) is 0. The number of aromatic nitrogens is 3. The Hall–Kier alpha value is -3.48. The lowest BCUT2D eigenvalue weighted by atomic mass is 10.1. The highest BCUT2D eigenvalue weighted by Gasteiger charge is 2.15. The van der Waals surface area contributed by atoms with Gasteiger partial charge in [-0.2, -0.15) is 0 Å². The molecule has 1 amide bonds. The van der Waals surface area contributed by atoms with Crippen LogP contribution in [-0.2, 0) is 13.1 Å². The Morgan fingerprint density at radius 3 is 2.62 bits per heavy atom. The van der Waals surface area contributed by atoms with Crippen molar-refractivity contribution < 1.29 is 4.79 Å². The van der Waals surface area contributed by atoms with Gasteiger partial charge in [0.15, 0.2) is 0 Å². The van der Waals surface area contributed by atoms with E-state index in [1.54, 1.807) is 24.4 Å². The van der Waals surface area contributed by atoms with Crippen LogP contribution in [-0.4, -0.2) is 20.4 Å². The van der Waals surface area contributed by atoms with Crippen LogP contribution < -0.4 is 16.6 Å². The first-order chi connectivity index (χ1) is 12.5. The summed E-state index contributed by atoms with van der Waals surface area (Å²) in [4.78, 5) is 43.4. The molecule has 0 aliphatic carbocycles. The van der Waals surface area contributed by atoms with Crippen molar-refractivity contribution in [1.82, 2.24) is 19.9 Å². The monoisotopic (exact) mass is 350 g/mol. The van der Waals surface area contributed by atoms with Crippen LogP contribution in [0.15, 0.2) is 64.4 Å². The van der Waals surface area contributed by atoms with Crippen molar-refractivity contribution in [2.24, 2.45) is 0 Å². The second kappa shape index (κ2) is 7.60. The molecule has 0 radical (unpaired) electrons. The van der Waals surface area contributed by atoms with Crippen molar-refractivity contribution in [1.29, 1.82) is 0 Å². The summed E-state index contributed by atoms with van der Waals surface area (Å²) in [5.41, 5.74) is 1.24. The minimum absolute atomic E-state index is 0.00586. The first-order valence-corrected chi connectivity index (χ1v) is 8.11. The average Bonchev–Trinajstić information content (AvgIpc) is 2.65. The van der Waals surface area contributed by atoms with Crippen LogP contribution in [0.4, 0.5) is 0 Å². The number of carbonyl (C=O) groups excluding carboxylic acids is 1. The van der Waals surface area contributed by atoms with Gasteiger partial charge in [0.05, 0.1) is 12.2 Å². The maximum Gasteiger partial charge on any atom is 0.328 e. The zero-order valence-corrected chi connectivity index (χ0v) is 14.2. The molecular formula is C19H18N4O3. The van der Waals surface area contributed by atoms with Gasteiger partial charge in [-0.15, -0.1) is 0 Å². The summed E-state index contributed by atoms with van der Waals surface area (Å²) >= 11 is 0. The van der Waals surface area contributed by atoms with E-state index in [9.17, 15) is 14.4 Å². The number of aryl methyl sites for hydroxylation is 1. The summed E-state index contributed by atoms with van der Waals surface area (Å²) in [6.07, 6.45) is 2.72. The Balaban J connectivity index is 1.80. The Bertz CT molecular complexity index is 1020. The molecule has 0 aliphatic rings. The number of rotatable bonds is 5. The number of pyridine rings is 1. The van der Waals surface area contributed by atoms with Gasteiger partial charge >= 0.3 is 5.69 Å². The molecule has 7 nitrogen and oxygen atoms in total. The van der Waals surface area contributed by atoms with Gasteiger partial charge in [-0.25, -0.2) is 4.79 Å². The van der Waals surface area contributed by atoms with Crippen molar-refractivity contribution in [2.75, 3.05) is 0 Å². The summed E-state index contributed by atoms with van der Waals surface area (Å²) in [6, 6.07) is 12.9. The third kappa shape index (κ3) is 3.94. The third-order valence-electron chi connectivity index (χ3n) is 3.93. The van der Waals surface area contributed by atoms with Crippen LogP contribution in [0.25, 0.3) is 0 Å². The quantitative estimate of drug-likeness (QED) is 0.723. The molecule has 2 heterocycles. The van der Waals surface area contributed by atoms with E-state index in [0.29, 0.717) is 5.69 Å². The normalized spacial score (nSPS) is 10.5. The number of amides is 1. The highest BCUT2D eigenvalue weighted by atomic mass is 16.2. The molecule has 0 aliphatic heterocycles. The highest BCUT2D eigenvalue weighted by molar-refractivity contribution is 5.93. The lowest BCUT2D eigenvalue weighted by molar-refractivity contribution is 0.0948. The van der Waals surface area contributed by atoms with E-state index in [4.69, 9.17) is 0 Å². The van der Waals surface area contributed by atoms with Crippen molar-refractivity contribution in [3.05, 3.63) is 98.1 Å². The molecule has 0 unspecified atom stereocenters. The van der Waals surface area contributed by atoms with E-state index < -0.39 is 17.2 Å². The lowest BCUT2D eigenvalue weighted by Crippen LogP contribution is -2.40. The molecule has 0 fully saturated rings. The Kier molecular flexibility index (Phi) is 5.07. The van der Waals surface area contributed by atoms with E-state index in [0.717, 1.165) is 21.9 Å². The number of hydrogen-bond donors (Lipinski definition) is 2. The number of nitrogens with one attached hydrogen (secondary N) is 2. The van der Waals surface area contributed by atoms with Gasteiger partial charge < -0.3 is 10.3 Å². The Labute approximate surface area is 149 Å². The SMILES string of the molecule is Cc1ccc(CNC(=O)c2c[nH]c(=O)n(Cc3ccccn3)c2=O)cc1. The number of hydrogen-bond acceptors (Lipinski definition) is 4. The first kappa shape index (κ1) is 17.3. The van der Waals surface area contributed by atoms with Gasteiger partial charge in [-0.05, 0) is 24.6 Å². The Morgan fingerprint density at radius 1 is 1.15 bits per heavy atom. The Morgan fingerprint density at radius 2 is 1.92 bits per heavy atom. The van der Waals surface area contributed by atoms with Gasteiger partial charge in [0, 0.05) is 18.9 Å². The summed E-state index contributed by atoms with van der Waals surface area (Å²) in [6.45, 7) is 2.26. The van der Waals surface area contributed by atoms with E-state index >= 15 is 0 Å². The number of benzene rings is 1.